The number of halogens is 1. The lowest BCUT2D eigenvalue weighted by Crippen LogP contribution is -2.43. The van der Waals surface area contributed by atoms with Crippen molar-refractivity contribution in [3.63, 3.8) is 0 Å². The zero-order valence-electron chi connectivity index (χ0n) is 12.0. The maximum Gasteiger partial charge on any atom is 0.224 e. The van der Waals surface area contributed by atoms with Crippen LogP contribution in [0.2, 0.25) is 5.02 Å². The smallest absolute Gasteiger partial charge is 0.224 e. The number of carbonyl (C=O) groups excluding carboxylic acids is 2. The topological polar surface area (TPSA) is 58.6 Å². The Bertz CT molecular complexity index is 521. The molecule has 2 amide bonds. The van der Waals surface area contributed by atoms with E-state index in [1.807, 2.05) is 24.3 Å². The van der Waals surface area contributed by atoms with Gasteiger partial charge in [-0.15, -0.1) is 0 Å². The molecular weight excluding hydrogens is 292 g/mol. The van der Waals surface area contributed by atoms with Crippen molar-refractivity contribution >= 4 is 23.4 Å². The van der Waals surface area contributed by atoms with Gasteiger partial charge in [0.15, 0.2) is 0 Å². The number of benzene rings is 1. The van der Waals surface area contributed by atoms with Gasteiger partial charge < -0.3 is 15.0 Å². The van der Waals surface area contributed by atoms with E-state index in [2.05, 4.69) is 5.32 Å². The van der Waals surface area contributed by atoms with Crippen LogP contribution in [0.4, 0.5) is 0 Å². The average molecular weight is 311 g/mol. The summed E-state index contributed by atoms with van der Waals surface area (Å²) < 4.78 is 5.72. The molecule has 1 aliphatic rings. The van der Waals surface area contributed by atoms with Gasteiger partial charge in [0.1, 0.15) is 6.10 Å². The number of hydrogen-bond donors (Lipinski definition) is 1. The summed E-state index contributed by atoms with van der Waals surface area (Å²) in [4.78, 5) is 24.7. The lowest BCUT2D eigenvalue weighted by molar-refractivity contribution is -0.139. The van der Waals surface area contributed by atoms with Gasteiger partial charge >= 0.3 is 0 Å². The largest absolute Gasteiger partial charge is 0.370 e. The third-order valence-electron chi connectivity index (χ3n) is 3.38. The lowest BCUT2D eigenvalue weighted by Gasteiger charge is -2.33. The Morgan fingerprint density at radius 2 is 2.19 bits per heavy atom. The van der Waals surface area contributed by atoms with Crippen molar-refractivity contribution in [1.29, 1.82) is 0 Å². The summed E-state index contributed by atoms with van der Waals surface area (Å²) in [5.41, 5.74) is 0.901. The highest BCUT2D eigenvalue weighted by molar-refractivity contribution is 6.31. The molecule has 5 nitrogen and oxygen atoms in total. The molecule has 6 heteroatoms. The van der Waals surface area contributed by atoms with Crippen molar-refractivity contribution < 1.29 is 14.3 Å². The molecule has 1 fully saturated rings. The van der Waals surface area contributed by atoms with Gasteiger partial charge in [0.05, 0.1) is 13.2 Å². The maximum absolute atomic E-state index is 12.1. The van der Waals surface area contributed by atoms with Crippen molar-refractivity contribution in [2.45, 2.75) is 19.4 Å². The zero-order chi connectivity index (χ0) is 15.2. The van der Waals surface area contributed by atoms with Gasteiger partial charge in [-0.1, -0.05) is 29.8 Å². The number of carbonyl (C=O) groups is 2. The predicted octanol–water partition coefficient (Wildman–Crippen LogP) is 1.77. The average Bonchev–Trinajstić information content (AvgIpc) is 2.47. The zero-order valence-corrected chi connectivity index (χ0v) is 12.7. The van der Waals surface area contributed by atoms with Crippen molar-refractivity contribution in [2.75, 3.05) is 26.2 Å². The second kappa shape index (κ2) is 7.43. The Labute approximate surface area is 129 Å². The maximum atomic E-state index is 12.1. The van der Waals surface area contributed by atoms with Crippen LogP contribution in [-0.2, 0) is 14.3 Å². The molecule has 2 rings (SSSR count). The predicted molar refractivity (Wildman–Crippen MR) is 80.0 cm³/mol. The molecule has 1 N–H and O–H groups in total. The van der Waals surface area contributed by atoms with Gasteiger partial charge in [-0.2, -0.15) is 0 Å². The number of rotatable bonds is 4. The van der Waals surface area contributed by atoms with Crippen molar-refractivity contribution in [3.05, 3.63) is 34.9 Å². The molecule has 1 aromatic carbocycles. The fourth-order valence-corrected chi connectivity index (χ4v) is 2.56. The molecule has 0 aliphatic carbocycles. The summed E-state index contributed by atoms with van der Waals surface area (Å²) in [7, 11) is 0. The van der Waals surface area contributed by atoms with Crippen molar-refractivity contribution in [2.24, 2.45) is 0 Å². The third kappa shape index (κ3) is 4.44. The fourth-order valence-electron chi connectivity index (χ4n) is 2.30. The van der Waals surface area contributed by atoms with Crippen molar-refractivity contribution in [3.8, 4) is 0 Å². The van der Waals surface area contributed by atoms with E-state index in [1.165, 1.54) is 6.92 Å². The van der Waals surface area contributed by atoms with Gasteiger partial charge in [0.2, 0.25) is 11.8 Å². The Morgan fingerprint density at radius 1 is 1.43 bits per heavy atom. The lowest BCUT2D eigenvalue weighted by atomic mass is 10.1. The minimum atomic E-state index is -0.197. The fraction of sp³-hybridized carbons (Fsp3) is 0.467. The van der Waals surface area contributed by atoms with Gasteiger partial charge in [-0.25, -0.2) is 0 Å². The Balaban J connectivity index is 1.93. The minimum absolute atomic E-state index is 0.0177. The molecule has 0 radical (unpaired) electrons. The summed E-state index contributed by atoms with van der Waals surface area (Å²) >= 11 is 6.17. The van der Waals surface area contributed by atoms with Gasteiger partial charge in [0, 0.05) is 37.0 Å². The monoisotopic (exact) mass is 310 g/mol. The standard InChI is InChI=1S/C15H19ClN2O3/c1-11(19)17-7-6-15(20)18-8-9-21-14(10-18)12-4-2-3-5-13(12)16/h2-5,14H,6-10H2,1H3,(H,17,19). The molecule has 0 aromatic heterocycles. The Hall–Kier alpha value is -1.59. The molecule has 1 atom stereocenters. The van der Waals surface area contributed by atoms with E-state index in [0.717, 1.165) is 5.56 Å². The molecular formula is C15H19ClN2O3. The second-order valence-corrected chi connectivity index (χ2v) is 5.36. The van der Waals surface area contributed by atoms with Crippen LogP contribution in [0.5, 0.6) is 0 Å². The first-order chi connectivity index (χ1) is 10.1. The number of amides is 2. The van der Waals surface area contributed by atoms with Crippen LogP contribution in [0.15, 0.2) is 24.3 Å². The van der Waals surface area contributed by atoms with E-state index in [1.54, 1.807) is 4.90 Å². The number of nitrogens with zero attached hydrogens (tertiary/aromatic N) is 1. The first-order valence-corrected chi connectivity index (χ1v) is 7.34. The molecule has 1 heterocycles. The second-order valence-electron chi connectivity index (χ2n) is 4.95. The van der Waals surface area contributed by atoms with Crippen LogP contribution >= 0.6 is 11.6 Å². The van der Waals surface area contributed by atoms with E-state index in [4.69, 9.17) is 16.3 Å². The van der Waals surface area contributed by atoms with Gasteiger partial charge in [0.25, 0.3) is 0 Å². The summed E-state index contributed by atoms with van der Waals surface area (Å²) in [6.07, 6.45) is 0.103. The first kappa shape index (κ1) is 15.8. The SMILES string of the molecule is CC(=O)NCCC(=O)N1CCOC(c2ccccc2Cl)C1. The summed E-state index contributed by atoms with van der Waals surface area (Å²) in [6, 6.07) is 7.50. The van der Waals surface area contributed by atoms with E-state index in [9.17, 15) is 9.59 Å². The molecule has 114 valence electrons. The summed E-state index contributed by atoms with van der Waals surface area (Å²) in [5, 5.41) is 3.28. The van der Waals surface area contributed by atoms with Gasteiger partial charge in [-0.3, -0.25) is 9.59 Å². The van der Waals surface area contributed by atoms with Crippen LogP contribution < -0.4 is 5.32 Å². The molecule has 0 spiro atoms. The van der Waals surface area contributed by atoms with E-state index in [-0.39, 0.29) is 17.9 Å². The van der Waals surface area contributed by atoms with Crippen LogP contribution in [0.1, 0.15) is 25.0 Å². The Morgan fingerprint density at radius 3 is 2.90 bits per heavy atom. The van der Waals surface area contributed by atoms with Crippen LogP contribution in [0.25, 0.3) is 0 Å². The molecule has 1 aromatic rings. The summed E-state index contributed by atoms with van der Waals surface area (Å²) in [5.74, 6) is -0.108. The highest BCUT2D eigenvalue weighted by atomic mass is 35.5. The van der Waals surface area contributed by atoms with Gasteiger partial charge in [-0.05, 0) is 6.07 Å². The number of hydrogen-bond acceptors (Lipinski definition) is 3. The van der Waals surface area contributed by atoms with E-state index < -0.39 is 0 Å². The molecule has 0 saturated carbocycles. The molecule has 1 aliphatic heterocycles. The number of ether oxygens (including phenoxy) is 1. The Kier molecular flexibility index (Phi) is 5.59. The molecule has 1 unspecified atom stereocenters. The molecule has 1 saturated heterocycles. The first-order valence-electron chi connectivity index (χ1n) is 6.96. The minimum Gasteiger partial charge on any atom is -0.370 e. The quantitative estimate of drug-likeness (QED) is 0.922. The van der Waals surface area contributed by atoms with E-state index in [0.29, 0.717) is 37.7 Å². The third-order valence-corrected chi connectivity index (χ3v) is 3.73. The van der Waals surface area contributed by atoms with Crippen LogP contribution in [-0.4, -0.2) is 43.0 Å². The highest BCUT2D eigenvalue weighted by Crippen LogP contribution is 2.28. The molecule has 21 heavy (non-hydrogen) atoms. The number of nitrogens with one attached hydrogen (secondary N) is 1. The summed E-state index contributed by atoms with van der Waals surface area (Å²) in [6.45, 7) is 3.35. The van der Waals surface area contributed by atoms with Crippen LogP contribution in [0, 0.1) is 0 Å². The highest BCUT2D eigenvalue weighted by Gasteiger charge is 2.26. The van der Waals surface area contributed by atoms with E-state index >= 15 is 0 Å². The van der Waals surface area contributed by atoms with Crippen molar-refractivity contribution in [1.82, 2.24) is 10.2 Å². The van der Waals surface area contributed by atoms with Crippen LogP contribution in [0.3, 0.4) is 0 Å². The molecule has 0 bridgehead atoms. The number of morpholine rings is 1. The normalized spacial score (nSPS) is 18.4.